The lowest BCUT2D eigenvalue weighted by molar-refractivity contribution is -0.485. The lowest BCUT2D eigenvalue weighted by Crippen LogP contribution is -2.50. The number of carbonyl (C=O) groups is 2. The summed E-state index contributed by atoms with van der Waals surface area (Å²) in [6, 6.07) is 21.1. The number of aromatic hydroxyl groups is 1. The number of amides is 2. The molecule has 7 N–H and O–H groups in total. The Balaban J connectivity index is 2.05. The van der Waals surface area contributed by atoms with E-state index in [1.54, 1.807) is 19.1 Å². The van der Waals surface area contributed by atoms with E-state index < -0.39 is 34.8 Å². The predicted molar refractivity (Wildman–Crippen MR) is 147 cm³/mol. The quantitative estimate of drug-likeness (QED) is 0.119. The van der Waals surface area contributed by atoms with Crippen molar-refractivity contribution in [3.63, 3.8) is 0 Å². The summed E-state index contributed by atoms with van der Waals surface area (Å²) in [7, 11) is 0. The van der Waals surface area contributed by atoms with Gasteiger partial charge in [0.15, 0.2) is 10.9 Å². The Bertz CT molecular complexity index is 1290. The number of rotatable bonds is 12. The minimum atomic E-state index is -1.11. The van der Waals surface area contributed by atoms with Gasteiger partial charge in [-0.3, -0.25) is 9.59 Å². The molecule has 2 atom stereocenters. The predicted octanol–water partition coefficient (Wildman–Crippen LogP) is 2.37. The normalized spacial score (nSPS) is 13.1. The van der Waals surface area contributed by atoms with Gasteiger partial charge in [0.2, 0.25) is 11.8 Å². The van der Waals surface area contributed by atoms with Crippen molar-refractivity contribution in [2.24, 2.45) is 22.3 Å². The maximum atomic E-state index is 14.4. The van der Waals surface area contributed by atoms with E-state index in [-0.39, 0.29) is 31.0 Å². The fraction of sp³-hybridized carbons (Fsp3) is 0.250. The molecule has 0 aliphatic carbocycles. The number of nitrogens with zero attached hydrogens (tertiary/aromatic N) is 3. The second kappa shape index (κ2) is 13.2. The number of aryl methyl sites for hydroxylation is 1. The summed E-state index contributed by atoms with van der Waals surface area (Å²) in [5.41, 5.74) is 20.2. The first-order chi connectivity index (χ1) is 18.6. The van der Waals surface area contributed by atoms with Crippen molar-refractivity contribution in [1.82, 2.24) is 4.90 Å². The zero-order valence-electron chi connectivity index (χ0n) is 21.5. The van der Waals surface area contributed by atoms with Crippen LogP contribution in [-0.4, -0.2) is 44.8 Å². The first kappa shape index (κ1) is 28.8. The molecular weight excluding hydrogens is 500 g/mol. The number of phenolic OH excluding ortho intramolecular Hbond substituents is 1. The second-order valence-electron chi connectivity index (χ2n) is 9.21. The van der Waals surface area contributed by atoms with Gasteiger partial charge in [0, 0.05) is 6.54 Å². The van der Waals surface area contributed by atoms with Gasteiger partial charge in [0.1, 0.15) is 11.8 Å². The van der Waals surface area contributed by atoms with Crippen LogP contribution < -0.4 is 17.2 Å². The number of benzene rings is 3. The zero-order chi connectivity index (χ0) is 28.5. The number of carbonyl (C=O) groups excluding carboxylic acids is 2. The molecule has 11 heteroatoms. The SMILES string of the molecule is Cc1cc(CN(C(=O)C(c2ccccc2)c2ccccc2)[C@@H](CCC(N)C(N)=N[N+](=O)[O-])C(N)=O)ccc1O. The minimum absolute atomic E-state index is 0.0104. The number of amidine groups is 1. The molecule has 3 aromatic rings. The summed E-state index contributed by atoms with van der Waals surface area (Å²) in [5.74, 6) is -2.19. The summed E-state index contributed by atoms with van der Waals surface area (Å²) in [5, 5.41) is 22.8. The number of nitrogens with two attached hydrogens (primary N) is 3. The van der Waals surface area contributed by atoms with Crippen LogP contribution in [0.4, 0.5) is 0 Å². The molecular formula is C28H32N6O5. The zero-order valence-corrected chi connectivity index (χ0v) is 21.5. The Morgan fingerprint density at radius 1 is 0.974 bits per heavy atom. The third-order valence-electron chi connectivity index (χ3n) is 6.44. The summed E-state index contributed by atoms with van der Waals surface area (Å²) in [6.45, 7) is 1.74. The highest BCUT2D eigenvalue weighted by Crippen LogP contribution is 2.30. The molecule has 3 rings (SSSR count). The first-order valence-electron chi connectivity index (χ1n) is 12.3. The third-order valence-corrected chi connectivity index (χ3v) is 6.44. The van der Waals surface area contributed by atoms with Crippen molar-refractivity contribution in [1.29, 1.82) is 0 Å². The molecule has 3 aromatic carbocycles. The van der Waals surface area contributed by atoms with Crippen LogP contribution in [0.15, 0.2) is 84.0 Å². The number of hydrogen-bond donors (Lipinski definition) is 4. The number of hydrazone groups is 1. The van der Waals surface area contributed by atoms with E-state index in [9.17, 15) is 24.8 Å². The van der Waals surface area contributed by atoms with Gasteiger partial charge in [0.25, 0.3) is 0 Å². The van der Waals surface area contributed by atoms with Crippen molar-refractivity contribution in [2.75, 3.05) is 0 Å². The molecule has 0 heterocycles. The lowest BCUT2D eigenvalue weighted by atomic mass is 9.89. The lowest BCUT2D eigenvalue weighted by Gasteiger charge is -2.34. The number of primary amides is 1. The second-order valence-corrected chi connectivity index (χ2v) is 9.21. The van der Waals surface area contributed by atoms with Gasteiger partial charge in [0.05, 0.1) is 17.1 Å². The molecule has 0 spiro atoms. The van der Waals surface area contributed by atoms with Gasteiger partial charge in [-0.1, -0.05) is 72.8 Å². The maximum Gasteiger partial charge on any atom is 0.240 e. The molecule has 0 fully saturated rings. The first-order valence-corrected chi connectivity index (χ1v) is 12.3. The van der Waals surface area contributed by atoms with Crippen LogP contribution in [0.2, 0.25) is 0 Å². The van der Waals surface area contributed by atoms with Crippen molar-refractivity contribution in [3.8, 4) is 5.75 Å². The van der Waals surface area contributed by atoms with Gasteiger partial charge in [-0.05, 0) is 48.1 Å². The van der Waals surface area contributed by atoms with Gasteiger partial charge in [-0.25, -0.2) is 10.1 Å². The van der Waals surface area contributed by atoms with Crippen LogP contribution in [0.5, 0.6) is 5.75 Å². The standard InChI is InChI=1S/C28H32N6O5/c1-18-16-19(12-15-24(18)35)17-33(23(27(31)36)14-13-22(29)26(30)32-34(38)39)28(37)25(20-8-4-2-5-9-20)21-10-6-3-7-11-21/h2-12,15-16,22-23,25,35H,13-14,17,29H2,1H3,(H2,30,32)(H2,31,36)/t22?,23-/m0/s1. The van der Waals surface area contributed by atoms with Crippen molar-refractivity contribution < 1.29 is 19.7 Å². The summed E-state index contributed by atoms with van der Waals surface area (Å²) in [4.78, 5) is 39.3. The fourth-order valence-electron chi connectivity index (χ4n) is 4.39. The van der Waals surface area contributed by atoms with E-state index >= 15 is 0 Å². The van der Waals surface area contributed by atoms with Crippen LogP contribution in [0.25, 0.3) is 0 Å². The Hall–Kier alpha value is -4.77. The molecule has 0 aliphatic rings. The highest BCUT2D eigenvalue weighted by Gasteiger charge is 2.35. The maximum absolute atomic E-state index is 14.4. The highest BCUT2D eigenvalue weighted by molar-refractivity contribution is 5.92. The van der Waals surface area contributed by atoms with Gasteiger partial charge >= 0.3 is 0 Å². The van der Waals surface area contributed by atoms with Crippen LogP contribution in [0.3, 0.4) is 0 Å². The smallest absolute Gasteiger partial charge is 0.240 e. The molecule has 11 nitrogen and oxygen atoms in total. The molecule has 2 amide bonds. The van der Waals surface area contributed by atoms with E-state index in [2.05, 4.69) is 5.10 Å². The number of phenols is 1. The van der Waals surface area contributed by atoms with E-state index in [0.717, 1.165) is 11.1 Å². The van der Waals surface area contributed by atoms with E-state index in [1.165, 1.54) is 11.0 Å². The average molecular weight is 533 g/mol. The molecule has 1 unspecified atom stereocenters. The highest BCUT2D eigenvalue weighted by atomic mass is 16.7. The molecule has 0 saturated heterocycles. The Morgan fingerprint density at radius 2 is 1.54 bits per heavy atom. The van der Waals surface area contributed by atoms with Crippen LogP contribution in [0, 0.1) is 17.0 Å². The number of hydrogen-bond acceptors (Lipinski definition) is 6. The average Bonchev–Trinajstić information content (AvgIpc) is 2.90. The Morgan fingerprint density at radius 3 is 2.03 bits per heavy atom. The topological polar surface area (TPSA) is 191 Å². The Kier molecular flexibility index (Phi) is 9.71. The third kappa shape index (κ3) is 7.62. The summed E-state index contributed by atoms with van der Waals surface area (Å²) < 4.78 is 0. The van der Waals surface area contributed by atoms with Crippen molar-refractivity contribution in [3.05, 3.63) is 111 Å². The molecule has 0 saturated carbocycles. The van der Waals surface area contributed by atoms with Gasteiger partial charge in [-0.2, -0.15) is 0 Å². The van der Waals surface area contributed by atoms with Gasteiger partial charge < -0.3 is 27.2 Å². The number of nitro groups is 1. The Labute approximate surface area is 226 Å². The minimum Gasteiger partial charge on any atom is -0.508 e. The summed E-state index contributed by atoms with van der Waals surface area (Å²) in [6.07, 6.45) is 0.0000452. The molecule has 39 heavy (non-hydrogen) atoms. The molecule has 0 radical (unpaired) electrons. The van der Waals surface area contributed by atoms with Gasteiger partial charge in [-0.15, -0.1) is 0 Å². The molecule has 0 aliphatic heterocycles. The van der Waals surface area contributed by atoms with Crippen LogP contribution in [0.1, 0.15) is 41.0 Å². The van der Waals surface area contributed by atoms with Crippen LogP contribution in [-0.2, 0) is 16.1 Å². The van der Waals surface area contributed by atoms with Crippen molar-refractivity contribution >= 4 is 17.6 Å². The molecule has 0 bridgehead atoms. The van der Waals surface area contributed by atoms with Crippen LogP contribution >= 0.6 is 0 Å². The van der Waals surface area contributed by atoms with E-state index in [1.807, 2.05) is 60.7 Å². The van der Waals surface area contributed by atoms with Crippen molar-refractivity contribution in [2.45, 2.75) is 44.3 Å². The fourth-order valence-corrected chi connectivity index (χ4v) is 4.39. The largest absolute Gasteiger partial charge is 0.508 e. The summed E-state index contributed by atoms with van der Waals surface area (Å²) >= 11 is 0. The molecule has 204 valence electrons. The molecule has 0 aromatic heterocycles. The monoisotopic (exact) mass is 532 g/mol. The van der Waals surface area contributed by atoms with E-state index in [0.29, 0.717) is 11.1 Å². The van der Waals surface area contributed by atoms with E-state index in [4.69, 9.17) is 17.2 Å².